The van der Waals surface area contributed by atoms with E-state index < -0.39 is 0 Å². The van der Waals surface area contributed by atoms with Crippen molar-refractivity contribution in [3.63, 3.8) is 0 Å². The van der Waals surface area contributed by atoms with Crippen LogP contribution >= 0.6 is 0 Å². The van der Waals surface area contributed by atoms with Gasteiger partial charge in [-0.05, 0) is 60.2 Å². The summed E-state index contributed by atoms with van der Waals surface area (Å²) in [5.74, 6) is 1.70. The maximum absolute atomic E-state index is 5.21. The maximum atomic E-state index is 5.21. The summed E-state index contributed by atoms with van der Waals surface area (Å²) < 4.78 is 12.4. The quantitative estimate of drug-likeness (QED) is 0.535. The van der Waals surface area contributed by atoms with Crippen molar-refractivity contribution in [1.82, 2.24) is 9.78 Å². The first kappa shape index (κ1) is 17.0. The van der Waals surface area contributed by atoms with Gasteiger partial charge in [0, 0.05) is 16.8 Å². The standard InChI is InChI=1S/C22H21N3O2/c1-26-20-8-3-16(4-9-20)15-25-22-12-7-19(13-17(22)14-23-25)24-18-5-10-21(27-2)11-6-18/h3-14,24H,15H2,1-2H3. The summed E-state index contributed by atoms with van der Waals surface area (Å²) in [6, 6.07) is 22.2. The van der Waals surface area contributed by atoms with E-state index in [9.17, 15) is 0 Å². The lowest BCUT2D eigenvalue weighted by molar-refractivity contribution is 0.414. The molecule has 0 aliphatic heterocycles. The summed E-state index contributed by atoms with van der Waals surface area (Å²) >= 11 is 0. The molecule has 136 valence electrons. The highest BCUT2D eigenvalue weighted by Crippen LogP contribution is 2.24. The number of anilines is 2. The highest BCUT2D eigenvalue weighted by Gasteiger charge is 2.05. The third-order valence-corrected chi connectivity index (χ3v) is 4.51. The second kappa shape index (κ2) is 7.41. The fraction of sp³-hybridized carbons (Fsp3) is 0.136. The Morgan fingerprint density at radius 1 is 0.815 bits per heavy atom. The molecule has 0 fully saturated rings. The molecule has 0 aliphatic rings. The molecule has 0 spiro atoms. The third-order valence-electron chi connectivity index (χ3n) is 4.51. The Kier molecular flexibility index (Phi) is 4.66. The number of fused-ring (bicyclic) bond motifs is 1. The van der Waals surface area contributed by atoms with Gasteiger partial charge in [0.15, 0.2) is 0 Å². The zero-order valence-electron chi connectivity index (χ0n) is 15.3. The molecule has 0 bridgehead atoms. The maximum Gasteiger partial charge on any atom is 0.119 e. The normalized spacial score (nSPS) is 10.7. The first-order valence-corrected chi connectivity index (χ1v) is 8.75. The second-order valence-electron chi connectivity index (χ2n) is 6.28. The van der Waals surface area contributed by atoms with Crippen LogP contribution in [-0.2, 0) is 6.54 Å². The lowest BCUT2D eigenvalue weighted by atomic mass is 10.2. The van der Waals surface area contributed by atoms with Crippen molar-refractivity contribution >= 4 is 22.3 Å². The molecule has 1 N–H and O–H groups in total. The fourth-order valence-corrected chi connectivity index (χ4v) is 3.04. The Balaban J connectivity index is 1.53. The van der Waals surface area contributed by atoms with E-state index in [1.54, 1.807) is 14.2 Å². The highest BCUT2D eigenvalue weighted by atomic mass is 16.5. The number of ether oxygens (including phenoxy) is 2. The van der Waals surface area contributed by atoms with Gasteiger partial charge >= 0.3 is 0 Å². The average molecular weight is 359 g/mol. The molecule has 0 radical (unpaired) electrons. The van der Waals surface area contributed by atoms with Crippen molar-refractivity contribution in [2.45, 2.75) is 6.54 Å². The monoisotopic (exact) mass is 359 g/mol. The van der Waals surface area contributed by atoms with Crippen LogP contribution < -0.4 is 14.8 Å². The van der Waals surface area contributed by atoms with E-state index in [0.717, 1.165) is 40.3 Å². The van der Waals surface area contributed by atoms with Crippen LogP contribution in [0.4, 0.5) is 11.4 Å². The fourth-order valence-electron chi connectivity index (χ4n) is 3.04. The lowest BCUT2D eigenvalue weighted by Gasteiger charge is -2.09. The lowest BCUT2D eigenvalue weighted by Crippen LogP contribution is -2.01. The molecule has 5 heteroatoms. The summed E-state index contributed by atoms with van der Waals surface area (Å²) in [4.78, 5) is 0. The molecule has 3 aromatic carbocycles. The van der Waals surface area contributed by atoms with E-state index in [-0.39, 0.29) is 0 Å². The largest absolute Gasteiger partial charge is 0.497 e. The van der Waals surface area contributed by atoms with Crippen molar-refractivity contribution < 1.29 is 9.47 Å². The van der Waals surface area contributed by atoms with Crippen molar-refractivity contribution in [2.75, 3.05) is 19.5 Å². The molecule has 0 saturated carbocycles. The molecule has 0 saturated heterocycles. The zero-order valence-corrected chi connectivity index (χ0v) is 15.3. The molecule has 1 aromatic heterocycles. The van der Waals surface area contributed by atoms with E-state index in [2.05, 4.69) is 40.7 Å². The van der Waals surface area contributed by atoms with E-state index in [1.165, 1.54) is 5.56 Å². The Labute approximate surface area is 158 Å². The third kappa shape index (κ3) is 3.72. The van der Waals surface area contributed by atoms with Crippen molar-refractivity contribution in [2.24, 2.45) is 0 Å². The van der Waals surface area contributed by atoms with Gasteiger partial charge in [-0.3, -0.25) is 4.68 Å². The van der Waals surface area contributed by atoms with Crippen LogP contribution in [0, 0.1) is 0 Å². The van der Waals surface area contributed by atoms with Crippen LogP contribution in [0.15, 0.2) is 72.9 Å². The molecule has 4 aromatic rings. The first-order valence-electron chi connectivity index (χ1n) is 8.75. The number of hydrogen-bond acceptors (Lipinski definition) is 4. The van der Waals surface area contributed by atoms with Crippen LogP contribution in [0.25, 0.3) is 10.9 Å². The van der Waals surface area contributed by atoms with Crippen LogP contribution in [0.5, 0.6) is 11.5 Å². The zero-order chi connectivity index (χ0) is 18.6. The summed E-state index contributed by atoms with van der Waals surface area (Å²) in [6.45, 7) is 0.721. The van der Waals surface area contributed by atoms with Crippen LogP contribution in [-0.4, -0.2) is 24.0 Å². The van der Waals surface area contributed by atoms with Crippen LogP contribution in [0.3, 0.4) is 0 Å². The smallest absolute Gasteiger partial charge is 0.119 e. The molecule has 0 atom stereocenters. The van der Waals surface area contributed by atoms with Gasteiger partial charge in [0.2, 0.25) is 0 Å². The highest BCUT2D eigenvalue weighted by molar-refractivity contribution is 5.83. The van der Waals surface area contributed by atoms with E-state index in [1.807, 2.05) is 47.3 Å². The first-order chi connectivity index (χ1) is 13.2. The minimum atomic E-state index is 0.721. The van der Waals surface area contributed by atoms with E-state index in [4.69, 9.17) is 9.47 Å². The number of benzene rings is 3. The van der Waals surface area contributed by atoms with Gasteiger partial charge in [-0.15, -0.1) is 0 Å². The Morgan fingerprint density at radius 2 is 1.44 bits per heavy atom. The molecule has 1 heterocycles. The van der Waals surface area contributed by atoms with Gasteiger partial charge in [-0.1, -0.05) is 12.1 Å². The van der Waals surface area contributed by atoms with Gasteiger partial charge in [0.25, 0.3) is 0 Å². The Bertz CT molecular complexity index is 1040. The van der Waals surface area contributed by atoms with Gasteiger partial charge in [-0.25, -0.2) is 0 Å². The summed E-state index contributed by atoms with van der Waals surface area (Å²) in [5.41, 5.74) is 4.32. The van der Waals surface area contributed by atoms with Gasteiger partial charge in [-0.2, -0.15) is 5.10 Å². The minimum absolute atomic E-state index is 0.721. The molecular weight excluding hydrogens is 338 g/mol. The van der Waals surface area contributed by atoms with Crippen LogP contribution in [0.1, 0.15) is 5.56 Å². The molecule has 4 rings (SSSR count). The van der Waals surface area contributed by atoms with E-state index >= 15 is 0 Å². The van der Waals surface area contributed by atoms with Crippen LogP contribution in [0.2, 0.25) is 0 Å². The predicted molar refractivity (Wildman–Crippen MR) is 108 cm³/mol. The van der Waals surface area contributed by atoms with Gasteiger partial charge in [0.05, 0.1) is 32.5 Å². The second-order valence-corrected chi connectivity index (χ2v) is 6.28. The molecular formula is C22H21N3O2. The minimum Gasteiger partial charge on any atom is -0.497 e. The molecule has 0 aliphatic carbocycles. The van der Waals surface area contributed by atoms with Crippen molar-refractivity contribution in [3.8, 4) is 11.5 Å². The molecule has 5 nitrogen and oxygen atoms in total. The number of aromatic nitrogens is 2. The van der Waals surface area contributed by atoms with Crippen molar-refractivity contribution in [1.29, 1.82) is 0 Å². The van der Waals surface area contributed by atoms with Gasteiger partial charge in [0.1, 0.15) is 11.5 Å². The number of nitrogens with one attached hydrogen (secondary N) is 1. The van der Waals surface area contributed by atoms with Gasteiger partial charge < -0.3 is 14.8 Å². The van der Waals surface area contributed by atoms with Crippen molar-refractivity contribution in [3.05, 3.63) is 78.5 Å². The summed E-state index contributed by atoms with van der Waals surface area (Å²) in [7, 11) is 3.34. The SMILES string of the molecule is COc1ccc(Cn2ncc3cc(Nc4ccc(OC)cc4)ccc32)cc1. The average Bonchev–Trinajstić information content (AvgIpc) is 3.11. The molecule has 0 amide bonds. The summed E-state index contributed by atoms with van der Waals surface area (Å²) in [5, 5.41) is 9.06. The molecule has 27 heavy (non-hydrogen) atoms. The number of nitrogens with zero attached hydrogens (tertiary/aromatic N) is 2. The number of rotatable bonds is 6. The number of methoxy groups -OCH3 is 2. The topological polar surface area (TPSA) is 48.3 Å². The number of hydrogen-bond donors (Lipinski definition) is 1. The Hall–Kier alpha value is -3.47. The summed E-state index contributed by atoms with van der Waals surface area (Å²) in [6.07, 6.45) is 1.90. The molecule has 0 unspecified atom stereocenters. The van der Waals surface area contributed by atoms with E-state index in [0.29, 0.717) is 0 Å². The predicted octanol–water partition coefficient (Wildman–Crippen LogP) is 4.85. The Morgan fingerprint density at radius 3 is 2.11 bits per heavy atom.